The van der Waals surface area contributed by atoms with Crippen molar-refractivity contribution in [2.24, 2.45) is 0 Å². The Kier molecular flexibility index (Phi) is 5.80. The number of para-hydroxylation sites is 2. The first kappa shape index (κ1) is 27.1. The Morgan fingerprint density at radius 2 is 1.25 bits per heavy atom. The molecule has 8 aromatic carbocycles. The molecule has 0 amide bonds. The van der Waals surface area contributed by atoms with Crippen LogP contribution in [0.2, 0.25) is 0 Å². The molecule has 2 aromatic heterocycles. The quantitative estimate of drug-likeness (QED) is 0.179. The number of furan rings is 1. The molecule has 0 radical (unpaired) electrons. The van der Waals surface area contributed by atoms with Crippen LogP contribution in [0.4, 0.5) is 11.6 Å². The number of hydrogen-bond donors (Lipinski definition) is 0. The van der Waals surface area contributed by atoms with Gasteiger partial charge in [0.15, 0.2) is 0 Å². The predicted octanol–water partition coefficient (Wildman–Crippen LogP) is 10.4. The number of rotatable bonds is 3. The van der Waals surface area contributed by atoms with Gasteiger partial charge >= 0.3 is 6.85 Å². The Hall–Kier alpha value is -6.72. The van der Waals surface area contributed by atoms with Crippen molar-refractivity contribution in [1.82, 2.24) is 9.97 Å². The third-order valence-electron chi connectivity index (χ3n) is 10.4. The lowest BCUT2D eigenvalue weighted by molar-refractivity contribution is 0.672. The van der Waals surface area contributed by atoms with Crippen molar-refractivity contribution < 1.29 is 5.79 Å². The number of nitrogens with zero attached hydrogens (tertiary/aromatic N) is 3. The zero-order valence-electron chi connectivity index (χ0n) is 28.4. The maximum Gasteiger partial charge on any atom is 0.332 e. The standard InChI is InChI=1S/C46H28BN3O/c1-3-15-29(16-4-1)43-35-23-11-13-25-39(35)48-46(49-43)50-44-41(33-21-9-10-22-34(33)45-42(44)36-24-12-14-26-40(36)51-45)37-27-30-17-7-8-18-31(30)28-38(37)47(50)32-19-5-2-6-20-32/h1-28H/i15D. The van der Waals surface area contributed by atoms with Crippen LogP contribution in [0, 0.1) is 0 Å². The van der Waals surface area contributed by atoms with Gasteiger partial charge in [-0.2, -0.15) is 0 Å². The molecule has 0 fully saturated rings. The zero-order chi connectivity index (χ0) is 34.3. The fraction of sp³-hybridized carbons (Fsp3) is 0. The van der Waals surface area contributed by atoms with Gasteiger partial charge in [0.1, 0.15) is 11.2 Å². The van der Waals surface area contributed by atoms with Gasteiger partial charge in [0, 0.05) is 27.3 Å². The molecule has 0 spiro atoms. The van der Waals surface area contributed by atoms with E-state index in [1.54, 1.807) is 0 Å². The van der Waals surface area contributed by atoms with E-state index in [1.807, 2.05) is 48.5 Å². The molecule has 10 aromatic rings. The van der Waals surface area contributed by atoms with E-state index in [2.05, 4.69) is 120 Å². The van der Waals surface area contributed by atoms with Crippen LogP contribution >= 0.6 is 0 Å². The lowest BCUT2D eigenvalue weighted by atomic mass is 9.45. The van der Waals surface area contributed by atoms with Gasteiger partial charge in [-0.05, 0) is 45.4 Å². The SMILES string of the molecule is [2H]c1ccccc1-c1nc(N2B(c3ccccc3)c3cc4ccccc4cc3-c3c2c2c4ccccc4oc2c2ccccc32)nc2ccccc12. The second-order valence-corrected chi connectivity index (χ2v) is 13.2. The summed E-state index contributed by atoms with van der Waals surface area (Å²) in [6, 6.07) is 57.1. The maximum absolute atomic E-state index is 8.94. The molecule has 4 nitrogen and oxygen atoms in total. The van der Waals surface area contributed by atoms with Crippen molar-refractivity contribution in [3.63, 3.8) is 0 Å². The lowest BCUT2D eigenvalue weighted by Crippen LogP contribution is -2.58. The van der Waals surface area contributed by atoms with E-state index in [-0.39, 0.29) is 6.85 Å². The molecule has 3 heterocycles. The molecular formula is C46H28BN3O. The van der Waals surface area contributed by atoms with Crippen molar-refractivity contribution in [1.29, 1.82) is 0 Å². The molecule has 236 valence electrons. The zero-order valence-corrected chi connectivity index (χ0v) is 27.4. The number of aromatic nitrogens is 2. The number of anilines is 2. The van der Waals surface area contributed by atoms with Gasteiger partial charge in [-0.1, -0.05) is 157 Å². The highest BCUT2D eigenvalue weighted by Gasteiger charge is 2.42. The van der Waals surface area contributed by atoms with Crippen molar-refractivity contribution >= 4 is 83.8 Å². The number of hydrogen-bond acceptors (Lipinski definition) is 4. The average molecular weight is 651 g/mol. The fourth-order valence-corrected chi connectivity index (χ4v) is 8.20. The van der Waals surface area contributed by atoms with E-state index in [0.717, 1.165) is 71.6 Å². The van der Waals surface area contributed by atoms with Crippen molar-refractivity contribution in [2.45, 2.75) is 0 Å². The first-order valence-corrected chi connectivity index (χ1v) is 17.3. The number of fused-ring (bicyclic) bond motifs is 12. The largest absolute Gasteiger partial charge is 0.455 e. The first-order valence-electron chi connectivity index (χ1n) is 17.8. The summed E-state index contributed by atoms with van der Waals surface area (Å²) >= 11 is 0. The Bertz CT molecular complexity index is 3070. The summed E-state index contributed by atoms with van der Waals surface area (Å²) in [5, 5.41) is 7.50. The highest BCUT2D eigenvalue weighted by Crippen LogP contribution is 2.52. The Balaban J connectivity index is 1.37. The summed E-state index contributed by atoms with van der Waals surface area (Å²) < 4.78 is 15.7. The first-order chi connectivity index (χ1) is 25.7. The van der Waals surface area contributed by atoms with E-state index < -0.39 is 0 Å². The second kappa shape index (κ2) is 10.9. The molecule has 0 bridgehead atoms. The predicted molar refractivity (Wildman–Crippen MR) is 213 cm³/mol. The molecule has 1 aliphatic heterocycles. The lowest BCUT2D eigenvalue weighted by Gasteiger charge is -2.39. The maximum atomic E-state index is 8.94. The number of benzene rings is 8. The molecule has 5 heteroatoms. The molecule has 0 saturated heterocycles. The molecular weight excluding hydrogens is 621 g/mol. The minimum Gasteiger partial charge on any atom is -0.455 e. The third-order valence-corrected chi connectivity index (χ3v) is 10.4. The van der Waals surface area contributed by atoms with Crippen LogP contribution in [0.25, 0.3) is 76.8 Å². The molecule has 11 rings (SSSR count). The van der Waals surface area contributed by atoms with Gasteiger partial charge < -0.3 is 9.23 Å². The van der Waals surface area contributed by atoms with Crippen LogP contribution in [-0.4, -0.2) is 16.8 Å². The van der Waals surface area contributed by atoms with Crippen molar-refractivity contribution in [2.75, 3.05) is 4.81 Å². The Labute approximate surface area is 295 Å². The Morgan fingerprint density at radius 1 is 0.588 bits per heavy atom. The minimum atomic E-state index is -0.286. The molecule has 0 atom stereocenters. The molecule has 0 aliphatic carbocycles. The summed E-state index contributed by atoms with van der Waals surface area (Å²) in [5.74, 6) is 0.563. The van der Waals surface area contributed by atoms with Crippen LogP contribution in [0.3, 0.4) is 0 Å². The molecule has 0 unspecified atom stereocenters. The van der Waals surface area contributed by atoms with Crippen LogP contribution < -0.4 is 15.7 Å². The van der Waals surface area contributed by atoms with E-state index >= 15 is 0 Å². The molecule has 1 aliphatic rings. The van der Waals surface area contributed by atoms with Gasteiger partial charge in [-0.15, -0.1) is 0 Å². The summed E-state index contributed by atoms with van der Waals surface area (Å²) in [7, 11) is 0. The van der Waals surface area contributed by atoms with Crippen molar-refractivity contribution in [3.8, 4) is 22.4 Å². The van der Waals surface area contributed by atoms with Crippen LogP contribution in [0.1, 0.15) is 1.37 Å². The van der Waals surface area contributed by atoms with Crippen LogP contribution in [0.15, 0.2) is 174 Å². The monoisotopic (exact) mass is 650 g/mol. The highest BCUT2D eigenvalue weighted by atomic mass is 16.3. The van der Waals surface area contributed by atoms with Gasteiger partial charge in [0.2, 0.25) is 5.95 Å². The molecule has 0 saturated carbocycles. The fourth-order valence-electron chi connectivity index (χ4n) is 8.20. The van der Waals surface area contributed by atoms with Gasteiger partial charge in [0.05, 0.1) is 23.7 Å². The topological polar surface area (TPSA) is 42.2 Å². The van der Waals surface area contributed by atoms with Gasteiger partial charge in [0.25, 0.3) is 0 Å². The normalized spacial score (nSPS) is 12.9. The molecule has 51 heavy (non-hydrogen) atoms. The van der Waals surface area contributed by atoms with E-state index in [4.69, 9.17) is 15.8 Å². The van der Waals surface area contributed by atoms with Crippen LogP contribution in [-0.2, 0) is 0 Å². The third kappa shape index (κ3) is 4.15. The highest BCUT2D eigenvalue weighted by molar-refractivity contribution is 6.91. The summed E-state index contributed by atoms with van der Waals surface area (Å²) in [6.07, 6.45) is 0. The Morgan fingerprint density at radius 3 is 2.10 bits per heavy atom. The van der Waals surface area contributed by atoms with Gasteiger partial charge in [-0.25, -0.2) is 9.97 Å². The van der Waals surface area contributed by atoms with Gasteiger partial charge in [-0.3, -0.25) is 0 Å². The summed E-state index contributed by atoms with van der Waals surface area (Å²) in [6.45, 7) is -0.286. The van der Waals surface area contributed by atoms with Crippen molar-refractivity contribution in [3.05, 3.63) is 170 Å². The minimum absolute atomic E-state index is 0.286. The molecule has 0 N–H and O–H groups in total. The average Bonchev–Trinajstić information content (AvgIpc) is 3.60. The van der Waals surface area contributed by atoms with E-state index in [9.17, 15) is 0 Å². The summed E-state index contributed by atoms with van der Waals surface area (Å²) in [4.78, 5) is 13.2. The van der Waals surface area contributed by atoms with E-state index in [0.29, 0.717) is 12.0 Å². The van der Waals surface area contributed by atoms with E-state index in [1.165, 1.54) is 21.8 Å². The second-order valence-electron chi connectivity index (χ2n) is 13.2. The summed E-state index contributed by atoms with van der Waals surface area (Å²) in [5.41, 5.74) is 9.60. The smallest absolute Gasteiger partial charge is 0.332 e. The van der Waals surface area contributed by atoms with Crippen LogP contribution in [0.5, 0.6) is 0 Å².